The van der Waals surface area contributed by atoms with Crippen LogP contribution in [0.5, 0.6) is 11.5 Å². The van der Waals surface area contributed by atoms with Crippen molar-refractivity contribution < 1.29 is 9.47 Å². The molecule has 0 N–H and O–H groups in total. The number of benzene rings is 1. The Morgan fingerprint density at radius 2 is 1.94 bits per heavy atom. The molecule has 88 valence electrons. The van der Waals surface area contributed by atoms with Crippen LogP contribution in [-0.2, 0) is 0 Å². The van der Waals surface area contributed by atoms with Gasteiger partial charge < -0.3 is 9.47 Å². The minimum absolute atomic E-state index is 0.00796. The van der Waals surface area contributed by atoms with Crippen LogP contribution in [0.25, 0.3) is 6.08 Å². The number of nitriles is 3. The molecule has 0 fully saturated rings. The lowest BCUT2D eigenvalue weighted by Crippen LogP contribution is -1.97. The summed E-state index contributed by atoms with van der Waals surface area (Å²) in [6.45, 7) is -0.104. The summed E-state index contributed by atoms with van der Waals surface area (Å²) in [6, 6.07) is 10.3. The second-order valence-corrected chi connectivity index (χ2v) is 3.14. The van der Waals surface area contributed by atoms with Gasteiger partial charge in [-0.1, -0.05) is 6.07 Å². The van der Waals surface area contributed by atoms with Gasteiger partial charge in [0.15, 0.2) is 18.1 Å². The molecule has 0 spiro atoms. The van der Waals surface area contributed by atoms with Crippen molar-refractivity contribution in [1.82, 2.24) is 0 Å². The molecule has 0 atom stereocenters. The third-order valence-corrected chi connectivity index (χ3v) is 2.03. The molecule has 0 bridgehead atoms. The number of methoxy groups -OCH3 is 1. The zero-order valence-corrected chi connectivity index (χ0v) is 9.67. The fraction of sp³-hybridized carbons (Fsp3) is 0.154. The van der Waals surface area contributed by atoms with E-state index >= 15 is 0 Å². The molecule has 0 aliphatic carbocycles. The van der Waals surface area contributed by atoms with Crippen molar-refractivity contribution in [1.29, 1.82) is 15.8 Å². The Bertz CT molecular complexity index is 570. The van der Waals surface area contributed by atoms with Crippen LogP contribution in [0.4, 0.5) is 0 Å². The Morgan fingerprint density at radius 3 is 2.50 bits per heavy atom. The van der Waals surface area contributed by atoms with Gasteiger partial charge in [-0.2, -0.15) is 15.8 Å². The minimum atomic E-state index is -0.104. The number of hydrogen-bond donors (Lipinski definition) is 0. The predicted octanol–water partition coefficient (Wildman–Crippen LogP) is 2.03. The molecule has 1 rings (SSSR count). The predicted molar refractivity (Wildman–Crippen MR) is 63.3 cm³/mol. The highest BCUT2D eigenvalue weighted by Crippen LogP contribution is 2.28. The topological polar surface area (TPSA) is 89.8 Å². The Morgan fingerprint density at radius 1 is 1.22 bits per heavy atom. The largest absolute Gasteiger partial charge is 0.493 e. The lowest BCUT2D eigenvalue weighted by molar-refractivity contribution is 0.329. The fourth-order valence-corrected chi connectivity index (χ4v) is 1.26. The molecule has 5 heteroatoms. The first kappa shape index (κ1) is 13.1. The summed E-state index contributed by atoms with van der Waals surface area (Å²) in [6.07, 6.45) is 1.43. The van der Waals surface area contributed by atoms with Crippen molar-refractivity contribution in [2.75, 3.05) is 13.7 Å². The van der Waals surface area contributed by atoms with E-state index in [0.29, 0.717) is 17.1 Å². The van der Waals surface area contributed by atoms with Crippen LogP contribution in [0.3, 0.4) is 0 Å². The van der Waals surface area contributed by atoms with E-state index in [-0.39, 0.29) is 12.2 Å². The summed E-state index contributed by atoms with van der Waals surface area (Å²) in [5, 5.41) is 25.8. The van der Waals surface area contributed by atoms with Gasteiger partial charge in [0.1, 0.15) is 23.8 Å². The van der Waals surface area contributed by atoms with Crippen molar-refractivity contribution in [2.45, 2.75) is 0 Å². The zero-order chi connectivity index (χ0) is 13.4. The van der Waals surface area contributed by atoms with E-state index in [1.54, 1.807) is 30.3 Å². The highest BCUT2D eigenvalue weighted by molar-refractivity contribution is 5.64. The van der Waals surface area contributed by atoms with E-state index < -0.39 is 0 Å². The molecule has 5 nitrogen and oxygen atoms in total. The lowest BCUT2D eigenvalue weighted by Gasteiger charge is -2.08. The van der Waals surface area contributed by atoms with Crippen LogP contribution in [0.15, 0.2) is 23.8 Å². The molecule has 1 aromatic carbocycles. The van der Waals surface area contributed by atoms with Gasteiger partial charge in [0.2, 0.25) is 0 Å². The van der Waals surface area contributed by atoms with Gasteiger partial charge in [-0.3, -0.25) is 0 Å². The van der Waals surface area contributed by atoms with Crippen LogP contribution in [-0.4, -0.2) is 13.7 Å². The molecule has 0 aliphatic heterocycles. The average molecular weight is 239 g/mol. The molecule has 0 saturated heterocycles. The summed E-state index contributed by atoms with van der Waals surface area (Å²) in [5.74, 6) is 0.876. The summed E-state index contributed by atoms with van der Waals surface area (Å²) in [4.78, 5) is 0. The maximum absolute atomic E-state index is 8.66. The summed E-state index contributed by atoms with van der Waals surface area (Å²) >= 11 is 0. The summed E-state index contributed by atoms with van der Waals surface area (Å²) < 4.78 is 10.3. The highest BCUT2D eigenvalue weighted by Gasteiger charge is 2.05. The smallest absolute Gasteiger partial charge is 0.174 e. The summed E-state index contributed by atoms with van der Waals surface area (Å²) in [5.41, 5.74) is 0.619. The average Bonchev–Trinajstić information content (AvgIpc) is 2.42. The van der Waals surface area contributed by atoms with E-state index in [1.165, 1.54) is 13.2 Å². The van der Waals surface area contributed by atoms with Crippen LogP contribution in [0, 0.1) is 34.0 Å². The molecule has 18 heavy (non-hydrogen) atoms. The first-order valence-corrected chi connectivity index (χ1v) is 4.94. The number of ether oxygens (including phenoxy) is 2. The second kappa shape index (κ2) is 6.58. The first-order chi connectivity index (χ1) is 8.74. The van der Waals surface area contributed by atoms with Crippen LogP contribution < -0.4 is 9.47 Å². The van der Waals surface area contributed by atoms with Crippen LogP contribution in [0.2, 0.25) is 0 Å². The Labute approximate surface area is 105 Å². The van der Waals surface area contributed by atoms with E-state index in [4.69, 9.17) is 25.3 Å². The number of rotatable bonds is 4. The number of hydrogen-bond acceptors (Lipinski definition) is 5. The van der Waals surface area contributed by atoms with Gasteiger partial charge in [-0.25, -0.2) is 0 Å². The zero-order valence-electron chi connectivity index (χ0n) is 9.67. The van der Waals surface area contributed by atoms with E-state index in [9.17, 15) is 0 Å². The molecule has 0 unspecified atom stereocenters. The Balaban J connectivity index is 3.12. The van der Waals surface area contributed by atoms with E-state index in [1.807, 2.05) is 6.07 Å². The molecule has 0 saturated carbocycles. The minimum Gasteiger partial charge on any atom is -0.493 e. The lowest BCUT2D eigenvalue weighted by atomic mass is 10.1. The van der Waals surface area contributed by atoms with Crippen molar-refractivity contribution in [3.05, 3.63) is 29.3 Å². The fourth-order valence-electron chi connectivity index (χ4n) is 1.26. The number of allylic oxidation sites excluding steroid dienone is 1. The molecule has 0 aliphatic rings. The third-order valence-electron chi connectivity index (χ3n) is 2.03. The Hall–Kier alpha value is -2.97. The molecule has 0 amide bonds. The standard InChI is InChI=1S/C13H9N3O2/c1-17-12-3-2-10(6-11(8-15)9-16)7-13(12)18-5-4-14/h2-3,6-7H,5H2,1H3. The van der Waals surface area contributed by atoms with Crippen molar-refractivity contribution in [3.63, 3.8) is 0 Å². The van der Waals surface area contributed by atoms with Gasteiger partial charge in [-0.05, 0) is 23.8 Å². The van der Waals surface area contributed by atoms with Crippen LogP contribution in [0.1, 0.15) is 5.56 Å². The molecule has 0 aromatic heterocycles. The monoisotopic (exact) mass is 239 g/mol. The Kier molecular flexibility index (Phi) is 4.79. The molecular formula is C13H9N3O2. The van der Waals surface area contributed by atoms with Crippen LogP contribution >= 0.6 is 0 Å². The van der Waals surface area contributed by atoms with Gasteiger partial charge >= 0.3 is 0 Å². The van der Waals surface area contributed by atoms with E-state index in [0.717, 1.165) is 0 Å². The van der Waals surface area contributed by atoms with E-state index in [2.05, 4.69) is 0 Å². The number of nitrogens with zero attached hydrogens (tertiary/aromatic N) is 3. The third kappa shape index (κ3) is 3.27. The quantitative estimate of drug-likeness (QED) is 0.750. The maximum atomic E-state index is 8.66. The molecule has 1 aromatic rings. The van der Waals surface area contributed by atoms with Gasteiger partial charge in [-0.15, -0.1) is 0 Å². The summed E-state index contributed by atoms with van der Waals surface area (Å²) in [7, 11) is 1.49. The molecular weight excluding hydrogens is 230 g/mol. The first-order valence-electron chi connectivity index (χ1n) is 4.94. The van der Waals surface area contributed by atoms with Crippen molar-refractivity contribution in [3.8, 4) is 29.7 Å². The SMILES string of the molecule is COc1ccc(C=C(C#N)C#N)cc1OCC#N. The van der Waals surface area contributed by atoms with Gasteiger partial charge in [0.05, 0.1) is 7.11 Å². The van der Waals surface area contributed by atoms with Gasteiger partial charge in [0.25, 0.3) is 0 Å². The normalized spacial score (nSPS) is 8.33. The maximum Gasteiger partial charge on any atom is 0.174 e. The van der Waals surface area contributed by atoms with Crippen molar-refractivity contribution >= 4 is 6.08 Å². The van der Waals surface area contributed by atoms with Crippen molar-refractivity contribution in [2.24, 2.45) is 0 Å². The highest BCUT2D eigenvalue weighted by atomic mass is 16.5. The van der Waals surface area contributed by atoms with Gasteiger partial charge in [0, 0.05) is 0 Å². The second-order valence-electron chi connectivity index (χ2n) is 3.14. The molecule has 0 radical (unpaired) electrons. The molecule has 0 heterocycles.